The molecule has 1 amide bonds. The van der Waals surface area contributed by atoms with E-state index in [-0.39, 0.29) is 16.9 Å². The molecule has 31 heavy (non-hydrogen) atoms. The molecule has 0 radical (unpaired) electrons. The zero-order chi connectivity index (χ0) is 21.9. The van der Waals surface area contributed by atoms with Crippen LogP contribution in [-0.4, -0.2) is 21.6 Å². The number of nitriles is 1. The van der Waals surface area contributed by atoms with Crippen LogP contribution in [0.5, 0.6) is 0 Å². The highest BCUT2D eigenvalue weighted by Gasteiger charge is 2.52. The lowest BCUT2D eigenvalue weighted by atomic mass is 9.86. The van der Waals surface area contributed by atoms with Crippen molar-refractivity contribution < 1.29 is 9.90 Å². The minimum absolute atomic E-state index is 0.177. The van der Waals surface area contributed by atoms with Crippen LogP contribution in [0.2, 0.25) is 5.02 Å². The van der Waals surface area contributed by atoms with Crippen LogP contribution >= 0.6 is 22.9 Å². The normalized spacial score (nSPS) is 15.6. The van der Waals surface area contributed by atoms with Gasteiger partial charge in [-0.15, -0.1) is 11.3 Å². The van der Waals surface area contributed by atoms with Gasteiger partial charge in [-0.05, 0) is 60.5 Å². The zero-order valence-corrected chi connectivity index (χ0v) is 18.0. The fourth-order valence-corrected chi connectivity index (χ4v) is 4.64. The molecule has 1 fully saturated rings. The van der Waals surface area contributed by atoms with Crippen molar-refractivity contribution in [2.24, 2.45) is 0 Å². The molecule has 154 valence electrons. The van der Waals surface area contributed by atoms with Crippen molar-refractivity contribution in [2.45, 2.75) is 30.3 Å². The Kier molecular flexibility index (Phi) is 5.80. The number of pyridine rings is 1. The molecule has 2 aromatic heterocycles. The molecule has 1 aliphatic carbocycles. The Balaban J connectivity index is 1.65. The second kappa shape index (κ2) is 8.53. The van der Waals surface area contributed by atoms with Gasteiger partial charge in [0.05, 0.1) is 10.6 Å². The summed E-state index contributed by atoms with van der Waals surface area (Å²) >= 11 is 7.70. The SMILES string of the molecule is N#Cc1ccc(NC(=O)C(O)(C#Cc2ccccn2)CC2(c3cccs3)CC2)cc1Cl. The van der Waals surface area contributed by atoms with Gasteiger partial charge in [-0.2, -0.15) is 5.26 Å². The van der Waals surface area contributed by atoms with Gasteiger partial charge in [-0.25, -0.2) is 4.98 Å². The number of thiophene rings is 1. The fourth-order valence-electron chi connectivity index (χ4n) is 3.43. The van der Waals surface area contributed by atoms with Crippen molar-refractivity contribution in [3.05, 3.63) is 81.3 Å². The molecule has 0 saturated heterocycles. The smallest absolute Gasteiger partial charge is 0.269 e. The van der Waals surface area contributed by atoms with Crippen molar-refractivity contribution in [1.29, 1.82) is 5.26 Å². The number of nitrogens with zero attached hydrogens (tertiary/aromatic N) is 2. The molecular weight excluding hydrogens is 430 g/mol. The molecule has 0 aliphatic heterocycles. The molecule has 1 aromatic carbocycles. The van der Waals surface area contributed by atoms with Crippen LogP contribution < -0.4 is 5.32 Å². The molecule has 4 rings (SSSR count). The van der Waals surface area contributed by atoms with E-state index in [1.54, 1.807) is 41.8 Å². The number of nitrogens with one attached hydrogen (secondary N) is 1. The summed E-state index contributed by atoms with van der Waals surface area (Å²) in [4.78, 5) is 18.5. The van der Waals surface area contributed by atoms with E-state index in [0.29, 0.717) is 16.9 Å². The van der Waals surface area contributed by atoms with Crippen molar-refractivity contribution in [2.75, 3.05) is 5.32 Å². The largest absolute Gasteiger partial charge is 0.369 e. The van der Waals surface area contributed by atoms with Gasteiger partial charge in [0.25, 0.3) is 5.91 Å². The Hall–Kier alpha value is -3.16. The Bertz CT molecular complexity index is 1210. The standard InChI is InChI=1S/C24H18ClN3O2S/c25-20-14-19(7-6-17(20)15-26)28-22(29)24(30,9-8-18-4-1-2-12-27-18)16-23(10-11-23)21-5-3-13-31-21/h1-7,12-14,30H,10-11,16H2,(H,28,29). The highest BCUT2D eigenvalue weighted by atomic mass is 35.5. The second-order valence-electron chi connectivity index (χ2n) is 7.52. The van der Waals surface area contributed by atoms with Crippen LogP contribution in [0.25, 0.3) is 0 Å². The van der Waals surface area contributed by atoms with Crippen molar-refractivity contribution in [3.8, 4) is 17.9 Å². The summed E-state index contributed by atoms with van der Waals surface area (Å²) in [6.45, 7) is 0. The van der Waals surface area contributed by atoms with E-state index in [0.717, 1.165) is 17.7 Å². The molecule has 1 atom stereocenters. The quantitative estimate of drug-likeness (QED) is 0.563. The van der Waals surface area contributed by atoms with Crippen LogP contribution in [0, 0.1) is 23.2 Å². The van der Waals surface area contributed by atoms with Crippen LogP contribution in [-0.2, 0) is 10.2 Å². The van der Waals surface area contributed by atoms with E-state index >= 15 is 0 Å². The maximum Gasteiger partial charge on any atom is 0.269 e. The average Bonchev–Trinajstić information content (AvgIpc) is 3.32. The summed E-state index contributed by atoms with van der Waals surface area (Å²) < 4.78 is 0. The van der Waals surface area contributed by atoms with Gasteiger partial charge in [0.1, 0.15) is 11.8 Å². The van der Waals surface area contributed by atoms with E-state index in [4.69, 9.17) is 16.9 Å². The third-order valence-corrected chi connectivity index (χ3v) is 6.71. The molecule has 2 heterocycles. The highest BCUT2D eigenvalue weighted by Crippen LogP contribution is 2.54. The number of amides is 1. The van der Waals surface area contributed by atoms with Gasteiger partial charge in [0.2, 0.25) is 5.60 Å². The Morgan fingerprint density at radius 1 is 1.29 bits per heavy atom. The Morgan fingerprint density at radius 2 is 2.13 bits per heavy atom. The molecule has 1 aliphatic rings. The van der Waals surface area contributed by atoms with Crippen molar-refractivity contribution in [1.82, 2.24) is 4.98 Å². The number of anilines is 1. The molecule has 1 unspecified atom stereocenters. The summed E-state index contributed by atoms with van der Waals surface area (Å²) in [5, 5.41) is 25.4. The lowest BCUT2D eigenvalue weighted by Gasteiger charge is -2.26. The Labute approximate surface area is 189 Å². The van der Waals surface area contributed by atoms with E-state index in [1.807, 2.05) is 23.6 Å². The summed E-state index contributed by atoms with van der Waals surface area (Å²) in [6, 6.07) is 15.8. The minimum Gasteiger partial charge on any atom is -0.369 e. The fraction of sp³-hybridized carbons (Fsp3) is 0.208. The topological polar surface area (TPSA) is 86.0 Å². The molecule has 5 nitrogen and oxygen atoms in total. The maximum absolute atomic E-state index is 13.2. The van der Waals surface area contributed by atoms with E-state index in [9.17, 15) is 9.90 Å². The third-order valence-electron chi connectivity index (χ3n) is 5.28. The summed E-state index contributed by atoms with van der Waals surface area (Å²) in [5.41, 5.74) is -1.04. The first-order valence-corrected chi connectivity index (χ1v) is 10.9. The number of hydrogen-bond donors (Lipinski definition) is 2. The van der Waals surface area contributed by atoms with Gasteiger partial charge in [-0.1, -0.05) is 29.7 Å². The molecule has 1 saturated carbocycles. The van der Waals surface area contributed by atoms with E-state index < -0.39 is 11.5 Å². The molecule has 3 aromatic rings. The van der Waals surface area contributed by atoms with Gasteiger partial charge in [-0.3, -0.25) is 4.79 Å². The zero-order valence-electron chi connectivity index (χ0n) is 16.4. The lowest BCUT2D eigenvalue weighted by Crippen LogP contribution is -2.44. The predicted octanol–water partition coefficient (Wildman–Crippen LogP) is 4.51. The number of halogens is 1. The number of aromatic nitrogens is 1. The second-order valence-corrected chi connectivity index (χ2v) is 8.88. The number of aliphatic hydroxyl groups is 1. The highest BCUT2D eigenvalue weighted by molar-refractivity contribution is 7.10. The monoisotopic (exact) mass is 447 g/mol. The molecule has 0 bridgehead atoms. The maximum atomic E-state index is 13.2. The summed E-state index contributed by atoms with van der Waals surface area (Å²) in [6.07, 6.45) is 3.56. The predicted molar refractivity (Wildman–Crippen MR) is 121 cm³/mol. The number of rotatable bonds is 5. The number of carbonyl (C=O) groups is 1. The number of carbonyl (C=O) groups excluding carboxylic acids is 1. The van der Waals surface area contributed by atoms with Crippen LogP contribution in [0.1, 0.15) is 35.4 Å². The first-order chi connectivity index (χ1) is 14.9. The summed E-state index contributed by atoms with van der Waals surface area (Å²) in [7, 11) is 0. The molecule has 0 spiro atoms. The summed E-state index contributed by atoms with van der Waals surface area (Å²) in [5.74, 6) is 4.98. The molecular formula is C24H18ClN3O2S. The molecule has 2 N–H and O–H groups in total. The van der Waals surface area contributed by atoms with Crippen LogP contribution in [0.15, 0.2) is 60.1 Å². The van der Waals surface area contributed by atoms with Crippen LogP contribution in [0.4, 0.5) is 5.69 Å². The number of hydrogen-bond acceptors (Lipinski definition) is 5. The van der Waals surface area contributed by atoms with Crippen molar-refractivity contribution >= 4 is 34.5 Å². The number of benzene rings is 1. The van der Waals surface area contributed by atoms with Crippen LogP contribution in [0.3, 0.4) is 0 Å². The first kappa shape index (κ1) is 21.1. The first-order valence-electron chi connectivity index (χ1n) is 9.66. The van der Waals surface area contributed by atoms with Crippen molar-refractivity contribution in [3.63, 3.8) is 0 Å². The van der Waals surface area contributed by atoms with Gasteiger partial charge in [0, 0.05) is 28.6 Å². The van der Waals surface area contributed by atoms with Gasteiger partial charge < -0.3 is 10.4 Å². The average molecular weight is 448 g/mol. The van der Waals surface area contributed by atoms with Gasteiger partial charge >= 0.3 is 0 Å². The lowest BCUT2D eigenvalue weighted by molar-refractivity contribution is -0.129. The third kappa shape index (κ3) is 4.62. The van der Waals surface area contributed by atoms with E-state index in [2.05, 4.69) is 22.1 Å². The van der Waals surface area contributed by atoms with E-state index in [1.165, 1.54) is 12.1 Å². The minimum atomic E-state index is -1.93. The Morgan fingerprint density at radius 3 is 2.74 bits per heavy atom. The van der Waals surface area contributed by atoms with Gasteiger partial charge in [0.15, 0.2) is 0 Å². The molecule has 7 heteroatoms.